The van der Waals surface area contributed by atoms with E-state index in [0.29, 0.717) is 23.0 Å². The molecule has 2 fully saturated rings. The Hall–Kier alpha value is -2.77. The monoisotopic (exact) mass is 488 g/mol. The van der Waals surface area contributed by atoms with Crippen LogP contribution in [0.3, 0.4) is 0 Å². The van der Waals surface area contributed by atoms with Gasteiger partial charge in [0.2, 0.25) is 5.91 Å². The van der Waals surface area contributed by atoms with Crippen molar-refractivity contribution in [3.05, 3.63) is 81.2 Å². The molecule has 0 saturated heterocycles. The smallest absolute Gasteiger partial charge is 0.308 e. The zero-order chi connectivity index (χ0) is 22.8. The number of fused-ring (bicyclic) bond motifs is 7. The van der Waals surface area contributed by atoms with Crippen molar-refractivity contribution in [3.8, 4) is 0 Å². The summed E-state index contributed by atoms with van der Waals surface area (Å²) in [7, 11) is 0. The number of nitrogens with one attached hydrogen (secondary N) is 1. The molecule has 2 aromatic heterocycles. The van der Waals surface area contributed by atoms with E-state index in [0.717, 1.165) is 32.1 Å². The topological polar surface area (TPSA) is 64.2 Å². The van der Waals surface area contributed by atoms with Crippen molar-refractivity contribution in [3.63, 3.8) is 0 Å². The molecule has 2 aliphatic carbocycles. The van der Waals surface area contributed by atoms with Crippen molar-refractivity contribution in [2.24, 2.45) is 17.8 Å². The predicted molar refractivity (Wildman–Crippen MR) is 136 cm³/mol. The van der Waals surface area contributed by atoms with Crippen LogP contribution < -0.4 is 10.2 Å². The van der Waals surface area contributed by atoms with E-state index in [9.17, 15) is 9.59 Å². The maximum atomic E-state index is 13.1. The average molecular weight is 489 g/mol. The molecule has 5 atom stereocenters. The van der Waals surface area contributed by atoms with Crippen LogP contribution in [0.25, 0.3) is 10.8 Å². The maximum absolute atomic E-state index is 13.1. The fourth-order valence-corrected chi connectivity index (χ4v) is 9.62. The Balaban J connectivity index is 1.21. The van der Waals surface area contributed by atoms with E-state index >= 15 is 0 Å². The van der Waals surface area contributed by atoms with Crippen LogP contribution in [0.15, 0.2) is 75.1 Å². The van der Waals surface area contributed by atoms with Crippen LogP contribution in [0.2, 0.25) is 0 Å². The minimum atomic E-state index is -0.178. The maximum Gasteiger partial charge on any atom is 0.308 e. The number of aromatic nitrogens is 1. The molecule has 1 aliphatic heterocycles. The number of anilines is 1. The molecular formula is C27H24N2O3S2. The van der Waals surface area contributed by atoms with Gasteiger partial charge in [-0.1, -0.05) is 41.7 Å². The number of hydrogen-bond donors (Lipinski definition) is 1. The zero-order valence-corrected chi connectivity index (χ0v) is 20.1. The molecule has 2 saturated carbocycles. The first-order valence-corrected chi connectivity index (χ1v) is 13.6. The third kappa shape index (κ3) is 3.21. The van der Waals surface area contributed by atoms with Gasteiger partial charge in [-0.15, -0.1) is 11.8 Å². The quantitative estimate of drug-likeness (QED) is 0.386. The number of thiazole rings is 1. The van der Waals surface area contributed by atoms with Crippen LogP contribution in [-0.2, 0) is 11.3 Å². The predicted octanol–water partition coefficient (Wildman–Crippen LogP) is 5.95. The summed E-state index contributed by atoms with van der Waals surface area (Å²) in [6.45, 7) is 0.0286. The summed E-state index contributed by atoms with van der Waals surface area (Å²) in [5.74, 6) is 2.81. The van der Waals surface area contributed by atoms with Crippen LogP contribution in [-0.4, -0.2) is 15.7 Å². The second-order valence-electron chi connectivity index (χ2n) is 9.72. The molecule has 7 heteroatoms. The van der Waals surface area contributed by atoms with Gasteiger partial charge >= 0.3 is 4.87 Å². The van der Waals surface area contributed by atoms with Gasteiger partial charge in [-0.3, -0.25) is 14.2 Å². The van der Waals surface area contributed by atoms with E-state index in [-0.39, 0.29) is 23.2 Å². The van der Waals surface area contributed by atoms with Crippen molar-refractivity contribution in [1.82, 2.24) is 4.57 Å². The molecule has 4 aromatic rings. The molecule has 34 heavy (non-hydrogen) atoms. The van der Waals surface area contributed by atoms with Crippen molar-refractivity contribution >= 4 is 45.5 Å². The summed E-state index contributed by atoms with van der Waals surface area (Å²) in [6.07, 6.45) is 5.56. The highest BCUT2D eigenvalue weighted by Crippen LogP contribution is 2.64. The number of carbonyl (C=O) groups is 1. The summed E-state index contributed by atoms with van der Waals surface area (Å²) in [5, 5.41) is 6.66. The van der Waals surface area contributed by atoms with Gasteiger partial charge in [0, 0.05) is 10.9 Å². The largest absolute Gasteiger partial charge is 0.469 e. The third-order valence-electron chi connectivity index (χ3n) is 7.88. The highest BCUT2D eigenvalue weighted by molar-refractivity contribution is 8.00. The number of nitrogens with zero attached hydrogens (tertiary/aromatic N) is 1. The standard InChI is InChI=1S/C27H24N2O3S2/c30-21(28-19-10-9-15-4-1-2-5-16(15)13-19)14-29-26-25(34-27(29)31)23(20-6-3-11-32-20)22-17-7-8-18(12-17)24(22)33-26/h1-6,9-11,13,17-18,22-24H,7-8,12,14H2,(H,28,30)/t17?,18?,22?,23-,24?/m1/s1. The number of furan rings is 1. The molecule has 1 N–H and O–H groups in total. The van der Waals surface area contributed by atoms with Gasteiger partial charge < -0.3 is 9.73 Å². The molecule has 2 aromatic carbocycles. The van der Waals surface area contributed by atoms with Crippen LogP contribution in [0.5, 0.6) is 0 Å². The highest BCUT2D eigenvalue weighted by atomic mass is 32.2. The van der Waals surface area contributed by atoms with Gasteiger partial charge in [0.05, 0.1) is 22.1 Å². The van der Waals surface area contributed by atoms with Gasteiger partial charge in [-0.25, -0.2) is 0 Å². The van der Waals surface area contributed by atoms with E-state index in [1.807, 2.05) is 60.3 Å². The Kier molecular flexibility index (Phi) is 4.78. The molecule has 172 valence electrons. The lowest BCUT2D eigenvalue weighted by Gasteiger charge is -2.39. The van der Waals surface area contributed by atoms with E-state index in [2.05, 4.69) is 11.4 Å². The minimum absolute atomic E-state index is 0.0286. The molecular weight excluding hydrogens is 464 g/mol. The highest BCUT2D eigenvalue weighted by Gasteiger charge is 2.55. The van der Waals surface area contributed by atoms with Crippen molar-refractivity contribution in [1.29, 1.82) is 0 Å². The summed E-state index contributed by atoms with van der Waals surface area (Å²) in [5.41, 5.74) is 0.745. The van der Waals surface area contributed by atoms with Gasteiger partial charge in [0.15, 0.2) is 0 Å². The lowest BCUT2D eigenvalue weighted by Crippen LogP contribution is -2.34. The lowest BCUT2D eigenvalue weighted by molar-refractivity contribution is -0.116. The minimum Gasteiger partial charge on any atom is -0.469 e. The molecule has 3 aliphatic rings. The summed E-state index contributed by atoms with van der Waals surface area (Å²) < 4.78 is 7.59. The van der Waals surface area contributed by atoms with E-state index in [1.165, 1.54) is 30.6 Å². The number of rotatable bonds is 4. The first kappa shape index (κ1) is 20.6. The van der Waals surface area contributed by atoms with Crippen LogP contribution >= 0.6 is 23.1 Å². The molecule has 7 rings (SSSR count). The van der Waals surface area contributed by atoms with Crippen LogP contribution in [0, 0.1) is 17.8 Å². The van der Waals surface area contributed by atoms with Gasteiger partial charge in [0.1, 0.15) is 12.3 Å². The fourth-order valence-electron chi connectivity index (χ4n) is 6.49. The Labute approximate surface area is 205 Å². The van der Waals surface area contributed by atoms with Crippen molar-refractivity contribution < 1.29 is 9.21 Å². The average Bonchev–Trinajstić information content (AvgIpc) is 3.64. The number of thioether (sulfide) groups is 1. The number of amides is 1. The van der Waals surface area contributed by atoms with Crippen molar-refractivity contribution in [2.45, 2.75) is 42.0 Å². The Morgan fingerprint density at radius 2 is 1.91 bits per heavy atom. The zero-order valence-electron chi connectivity index (χ0n) is 18.5. The SMILES string of the molecule is O=C(Cn1c2c(sc1=O)[C@H](c1ccco1)C1C3CCC(C3)C1S2)Nc1ccc2ccccc2c1. The lowest BCUT2D eigenvalue weighted by atomic mass is 9.77. The van der Waals surface area contributed by atoms with Crippen LogP contribution in [0.4, 0.5) is 5.69 Å². The first-order valence-electron chi connectivity index (χ1n) is 11.9. The summed E-state index contributed by atoms with van der Waals surface area (Å²) >= 11 is 3.14. The number of carbonyl (C=O) groups excluding carboxylic acids is 1. The van der Waals surface area contributed by atoms with Crippen LogP contribution in [0.1, 0.15) is 35.8 Å². The second-order valence-corrected chi connectivity index (χ2v) is 11.9. The van der Waals surface area contributed by atoms with Gasteiger partial charge in [-0.2, -0.15) is 0 Å². The normalized spacial score (nSPS) is 27.0. The molecule has 2 bridgehead atoms. The Morgan fingerprint density at radius 1 is 1.06 bits per heavy atom. The summed E-state index contributed by atoms with van der Waals surface area (Å²) in [6, 6.07) is 17.9. The molecule has 0 radical (unpaired) electrons. The second kappa shape index (κ2) is 7.89. The Morgan fingerprint density at radius 3 is 2.76 bits per heavy atom. The van der Waals surface area contributed by atoms with Crippen molar-refractivity contribution in [2.75, 3.05) is 5.32 Å². The molecule has 5 nitrogen and oxygen atoms in total. The number of hydrogen-bond acceptors (Lipinski definition) is 5. The first-order chi connectivity index (χ1) is 16.7. The van der Waals surface area contributed by atoms with E-state index < -0.39 is 0 Å². The number of benzene rings is 2. The van der Waals surface area contributed by atoms with Gasteiger partial charge in [0.25, 0.3) is 0 Å². The van der Waals surface area contributed by atoms with Gasteiger partial charge in [-0.05, 0) is 72.1 Å². The molecule has 3 heterocycles. The van der Waals surface area contributed by atoms with E-state index in [1.54, 1.807) is 10.8 Å². The summed E-state index contributed by atoms with van der Waals surface area (Å²) in [4.78, 5) is 27.2. The molecule has 4 unspecified atom stereocenters. The molecule has 1 amide bonds. The Bertz CT molecular complexity index is 1450. The molecule has 0 spiro atoms. The fraction of sp³-hybridized carbons (Fsp3) is 0.333. The third-order valence-corrected chi connectivity index (χ3v) is 10.7. The van der Waals surface area contributed by atoms with E-state index in [4.69, 9.17) is 4.42 Å².